The first-order valence-corrected chi connectivity index (χ1v) is 10.1. The molecule has 31 heavy (non-hydrogen) atoms. The normalized spacial score (nSPS) is 11.5. The molecule has 3 nitrogen and oxygen atoms in total. The maximum Gasteiger partial charge on any atom is 0.433 e. The van der Waals surface area contributed by atoms with Gasteiger partial charge in [0.25, 0.3) is 5.91 Å². The van der Waals surface area contributed by atoms with E-state index >= 15 is 0 Å². The third-order valence-electron chi connectivity index (χ3n) is 4.83. The Balaban J connectivity index is 2.10. The number of halogens is 5. The molecule has 1 aromatic heterocycles. The van der Waals surface area contributed by atoms with Gasteiger partial charge in [-0.3, -0.25) is 9.36 Å². The van der Waals surface area contributed by atoms with E-state index in [2.05, 4.69) is 15.9 Å². The fraction of sp³-hybridized carbons (Fsp3) is 0.0435. The lowest BCUT2D eigenvalue weighted by Crippen LogP contribution is -2.22. The number of benzene rings is 3. The minimum absolute atomic E-state index is 0.0887. The molecule has 1 heterocycles. The van der Waals surface area contributed by atoms with Gasteiger partial charge in [0, 0.05) is 16.1 Å². The third-order valence-corrected chi connectivity index (χ3v) is 5.86. The number of hydrogen-bond donors (Lipinski definition) is 0. The van der Waals surface area contributed by atoms with E-state index in [1.165, 1.54) is 30.3 Å². The molecule has 0 spiro atoms. The zero-order valence-corrected chi connectivity index (χ0v) is 17.9. The lowest BCUT2D eigenvalue weighted by molar-refractivity contribution is -0.143. The van der Waals surface area contributed by atoms with Gasteiger partial charge in [-0.1, -0.05) is 60.1 Å². The van der Waals surface area contributed by atoms with Crippen LogP contribution in [0.15, 0.2) is 71.2 Å². The molecule has 0 atom stereocenters. The van der Waals surface area contributed by atoms with Crippen molar-refractivity contribution in [2.75, 3.05) is 0 Å². The van der Waals surface area contributed by atoms with Gasteiger partial charge in [0.15, 0.2) is 0 Å². The first-order valence-electron chi connectivity index (χ1n) is 8.94. The fourth-order valence-electron chi connectivity index (χ4n) is 3.51. The standard InChI is InChI=1S/C23H11BrClF3N2O/c24-19-18(12-29)20(14-8-10-15(25)11-9-14)30(21(19)23(26,27)28)22(31)17-7-3-5-13-4-1-2-6-16(13)17/h1-11H. The van der Waals surface area contributed by atoms with Gasteiger partial charge >= 0.3 is 6.18 Å². The van der Waals surface area contributed by atoms with Crippen molar-refractivity contribution in [2.45, 2.75) is 6.18 Å². The molecule has 154 valence electrons. The maximum atomic E-state index is 14.1. The first kappa shape index (κ1) is 21.2. The number of hydrogen-bond acceptors (Lipinski definition) is 2. The number of nitrogens with zero attached hydrogens (tertiary/aromatic N) is 2. The topological polar surface area (TPSA) is 45.8 Å². The highest BCUT2D eigenvalue weighted by molar-refractivity contribution is 9.10. The lowest BCUT2D eigenvalue weighted by Gasteiger charge is -2.16. The summed E-state index contributed by atoms with van der Waals surface area (Å²) in [7, 11) is 0. The van der Waals surface area contributed by atoms with Crippen LogP contribution in [-0.4, -0.2) is 10.5 Å². The van der Waals surface area contributed by atoms with Gasteiger partial charge in [0.1, 0.15) is 11.8 Å². The summed E-state index contributed by atoms with van der Waals surface area (Å²) in [5.74, 6) is -0.892. The Kier molecular flexibility index (Phi) is 5.38. The highest BCUT2D eigenvalue weighted by Gasteiger charge is 2.42. The molecule has 0 aliphatic carbocycles. The average Bonchev–Trinajstić information content (AvgIpc) is 3.05. The van der Waals surface area contributed by atoms with Crippen LogP contribution < -0.4 is 0 Å². The molecule has 3 aromatic carbocycles. The van der Waals surface area contributed by atoms with E-state index in [9.17, 15) is 23.2 Å². The van der Waals surface area contributed by atoms with Gasteiger partial charge in [-0.2, -0.15) is 18.4 Å². The van der Waals surface area contributed by atoms with Gasteiger partial charge in [-0.25, -0.2) is 0 Å². The van der Waals surface area contributed by atoms with E-state index in [1.807, 2.05) is 0 Å². The molecule has 0 aliphatic rings. The summed E-state index contributed by atoms with van der Waals surface area (Å²) in [6, 6.07) is 19.5. The Labute approximate surface area is 188 Å². The number of carbonyl (C=O) groups excluding carboxylic acids is 1. The Morgan fingerprint density at radius 2 is 1.65 bits per heavy atom. The van der Waals surface area contributed by atoms with Crippen molar-refractivity contribution in [3.05, 3.63) is 93.0 Å². The summed E-state index contributed by atoms with van der Waals surface area (Å²) in [5.41, 5.74) is -1.34. The van der Waals surface area contributed by atoms with Crippen molar-refractivity contribution in [3.8, 4) is 17.3 Å². The van der Waals surface area contributed by atoms with Crippen LogP contribution in [0.5, 0.6) is 0 Å². The monoisotopic (exact) mass is 502 g/mol. The average molecular weight is 504 g/mol. The van der Waals surface area contributed by atoms with Crippen molar-refractivity contribution < 1.29 is 18.0 Å². The van der Waals surface area contributed by atoms with E-state index in [0.717, 1.165) is 0 Å². The van der Waals surface area contributed by atoms with Gasteiger partial charge in [0.2, 0.25) is 0 Å². The maximum absolute atomic E-state index is 14.1. The van der Waals surface area contributed by atoms with Crippen LogP contribution in [0, 0.1) is 11.3 Å². The van der Waals surface area contributed by atoms with Crippen LogP contribution in [0.25, 0.3) is 22.0 Å². The van der Waals surface area contributed by atoms with E-state index in [-0.39, 0.29) is 22.4 Å². The van der Waals surface area contributed by atoms with Crippen LogP contribution in [0.3, 0.4) is 0 Å². The Morgan fingerprint density at radius 3 is 2.29 bits per heavy atom. The quantitative estimate of drug-likeness (QED) is 0.288. The highest BCUT2D eigenvalue weighted by Crippen LogP contribution is 2.44. The number of aromatic nitrogens is 1. The van der Waals surface area contributed by atoms with Crippen molar-refractivity contribution >= 4 is 44.2 Å². The molecule has 8 heteroatoms. The Morgan fingerprint density at radius 1 is 1.00 bits per heavy atom. The summed E-state index contributed by atoms with van der Waals surface area (Å²) in [5, 5.41) is 11.2. The summed E-state index contributed by atoms with van der Waals surface area (Å²) in [4.78, 5) is 13.6. The van der Waals surface area contributed by atoms with Crippen molar-refractivity contribution in [1.82, 2.24) is 4.57 Å². The van der Waals surface area contributed by atoms with E-state index < -0.39 is 22.3 Å². The number of carbonyl (C=O) groups is 1. The van der Waals surface area contributed by atoms with Crippen LogP contribution in [-0.2, 0) is 6.18 Å². The number of fused-ring (bicyclic) bond motifs is 1. The van der Waals surface area contributed by atoms with Crippen molar-refractivity contribution in [2.24, 2.45) is 0 Å². The van der Waals surface area contributed by atoms with E-state index in [0.29, 0.717) is 20.4 Å². The predicted molar refractivity (Wildman–Crippen MR) is 116 cm³/mol. The number of alkyl halides is 3. The zero-order valence-electron chi connectivity index (χ0n) is 15.5. The summed E-state index contributed by atoms with van der Waals surface area (Å²) < 4.78 is 42.3. The molecule has 0 bridgehead atoms. The Bertz CT molecular complexity index is 1360. The van der Waals surface area contributed by atoms with Gasteiger partial charge in [-0.05, 0) is 44.9 Å². The Hall–Kier alpha value is -3.08. The largest absolute Gasteiger partial charge is 0.433 e. The number of nitriles is 1. The van der Waals surface area contributed by atoms with Crippen LogP contribution in [0.2, 0.25) is 5.02 Å². The molecular weight excluding hydrogens is 493 g/mol. The lowest BCUT2D eigenvalue weighted by atomic mass is 10.0. The van der Waals surface area contributed by atoms with E-state index in [1.54, 1.807) is 42.5 Å². The SMILES string of the molecule is N#Cc1c(Br)c(C(F)(F)F)n(C(=O)c2cccc3ccccc23)c1-c1ccc(Cl)cc1. The summed E-state index contributed by atoms with van der Waals surface area (Å²) >= 11 is 8.83. The molecule has 0 unspecified atom stereocenters. The molecule has 0 saturated carbocycles. The molecule has 0 amide bonds. The van der Waals surface area contributed by atoms with Gasteiger partial charge in [-0.15, -0.1) is 0 Å². The zero-order chi connectivity index (χ0) is 22.3. The smallest absolute Gasteiger partial charge is 0.269 e. The minimum Gasteiger partial charge on any atom is -0.269 e. The second kappa shape index (κ2) is 7.88. The van der Waals surface area contributed by atoms with Crippen LogP contribution >= 0.6 is 27.5 Å². The molecule has 0 radical (unpaired) electrons. The first-order chi connectivity index (χ1) is 14.7. The van der Waals surface area contributed by atoms with E-state index in [4.69, 9.17) is 11.6 Å². The predicted octanol–water partition coefficient (Wildman–Crippen LogP) is 7.30. The number of rotatable bonds is 2. The van der Waals surface area contributed by atoms with Crippen molar-refractivity contribution in [3.63, 3.8) is 0 Å². The van der Waals surface area contributed by atoms with Crippen LogP contribution in [0.4, 0.5) is 13.2 Å². The van der Waals surface area contributed by atoms with Gasteiger partial charge in [0.05, 0.1) is 15.7 Å². The fourth-order valence-corrected chi connectivity index (χ4v) is 4.32. The summed E-state index contributed by atoms with van der Waals surface area (Å²) in [6.45, 7) is 0. The molecule has 0 fully saturated rings. The third kappa shape index (κ3) is 3.62. The van der Waals surface area contributed by atoms with Gasteiger partial charge < -0.3 is 0 Å². The molecule has 4 aromatic rings. The second-order valence-corrected chi connectivity index (χ2v) is 7.90. The molecule has 4 rings (SSSR count). The second-order valence-electron chi connectivity index (χ2n) is 6.67. The summed E-state index contributed by atoms with van der Waals surface area (Å²) in [6.07, 6.45) is -4.89. The highest BCUT2D eigenvalue weighted by atomic mass is 79.9. The van der Waals surface area contributed by atoms with Crippen LogP contribution in [0.1, 0.15) is 21.6 Å². The van der Waals surface area contributed by atoms with Crippen molar-refractivity contribution in [1.29, 1.82) is 5.26 Å². The molecule has 0 aliphatic heterocycles. The molecule has 0 N–H and O–H groups in total. The molecule has 0 saturated heterocycles. The molecular formula is C23H11BrClF3N2O. The minimum atomic E-state index is -4.89.